The maximum absolute atomic E-state index is 13.5. The second-order valence-corrected chi connectivity index (χ2v) is 5.47. The molecule has 0 aliphatic heterocycles. The zero-order chi connectivity index (χ0) is 14.5. The van der Waals surface area contributed by atoms with E-state index in [-0.39, 0.29) is 19.5 Å². The Labute approximate surface area is 111 Å². The molecule has 0 unspecified atom stereocenters. The van der Waals surface area contributed by atoms with E-state index in [4.69, 9.17) is 0 Å². The zero-order valence-corrected chi connectivity index (χ0v) is 11.5. The van der Waals surface area contributed by atoms with Gasteiger partial charge in [0, 0.05) is 19.3 Å². The first-order valence-electron chi connectivity index (χ1n) is 5.61. The highest BCUT2D eigenvalue weighted by molar-refractivity contribution is 7.89. The van der Waals surface area contributed by atoms with Crippen LogP contribution in [-0.2, 0) is 19.6 Å². The highest BCUT2D eigenvalue weighted by Gasteiger charge is 2.27. The van der Waals surface area contributed by atoms with E-state index < -0.39 is 26.8 Å². The van der Waals surface area contributed by atoms with Crippen LogP contribution in [0.3, 0.4) is 0 Å². The van der Waals surface area contributed by atoms with Gasteiger partial charge in [-0.2, -0.15) is 4.31 Å². The lowest BCUT2D eigenvalue weighted by Gasteiger charge is -2.19. The fraction of sp³-hybridized carbons (Fsp3) is 0.455. The fourth-order valence-corrected chi connectivity index (χ4v) is 2.87. The highest BCUT2D eigenvalue weighted by Crippen LogP contribution is 2.16. The van der Waals surface area contributed by atoms with Crippen LogP contribution in [0.4, 0.5) is 4.39 Å². The molecule has 0 radical (unpaired) electrons. The van der Waals surface area contributed by atoms with Crippen LogP contribution in [0.1, 0.15) is 13.3 Å². The summed E-state index contributed by atoms with van der Waals surface area (Å²) in [5.41, 5.74) is 0. The van der Waals surface area contributed by atoms with Crippen LogP contribution in [0.25, 0.3) is 0 Å². The Hall–Kier alpha value is -1.54. The molecule has 0 aliphatic rings. The normalized spacial score (nSPS) is 11.6. The molecular formula is C11H15FN2O4S. The van der Waals surface area contributed by atoms with Crippen LogP contribution in [0, 0.1) is 5.82 Å². The summed E-state index contributed by atoms with van der Waals surface area (Å²) >= 11 is 0. The maximum Gasteiger partial charge on any atom is 0.306 e. The number of methoxy groups -OCH3 is 1. The summed E-state index contributed by atoms with van der Waals surface area (Å²) in [7, 11) is -2.83. The molecule has 106 valence electrons. The Bertz CT molecular complexity index is 547. The molecule has 0 saturated heterocycles. The molecule has 1 heterocycles. The molecule has 6 nitrogen and oxygen atoms in total. The van der Waals surface area contributed by atoms with E-state index in [1.807, 2.05) is 0 Å². The van der Waals surface area contributed by atoms with Gasteiger partial charge in [0.2, 0.25) is 5.03 Å². The number of sulfonamides is 1. The lowest BCUT2D eigenvalue weighted by molar-refractivity contribution is -0.140. The number of rotatable bonds is 6. The molecule has 0 aromatic carbocycles. The van der Waals surface area contributed by atoms with E-state index in [0.29, 0.717) is 0 Å². The van der Waals surface area contributed by atoms with Gasteiger partial charge in [0.05, 0.1) is 13.5 Å². The quantitative estimate of drug-likeness (QED) is 0.724. The lowest BCUT2D eigenvalue weighted by atomic mass is 10.4. The first-order valence-corrected chi connectivity index (χ1v) is 7.05. The average molecular weight is 290 g/mol. The first-order chi connectivity index (χ1) is 8.93. The first kappa shape index (κ1) is 15.5. The van der Waals surface area contributed by atoms with Crippen molar-refractivity contribution in [3.05, 3.63) is 24.1 Å². The molecule has 0 fully saturated rings. The van der Waals surface area contributed by atoms with Crippen LogP contribution in [0.2, 0.25) is 0 Å². The highest BCUT2D eigenvalue weighted by atomic mass is 32.2. The maximum atomic E-state index is 13.5. The minimum absolute atomic E-state index is 0.0818. The molecule has 1 aromatic rings. The van der Waals surface area contributed by atoms with Gasteiger partial charge < -0.3 is 4.74 Å². The third-order valence-electron chi connectivity index (χ3n) is 2.45. The topological polar surface area (TPSA) is 76.6 Å². The third-order valence-corrected chi connectivity index (χ3v) is 4.36. The predicted molar refractivity (Wildman–Crippen MR) is 65.3 cm³/mol. The minimum atomic E-state index is -4.05. The Morgan fingerprint density at radius 3 is 2.74 bits per heavy atom. The van der Waals surface area contributed by atoms with Crippen LogP contribution >= 0.6 is 0 Å². The standard InChI is InChI=1S/C11H15FN2O4S/c1-3-14(8-6-10(15)18-2)19(16,17)11-9(12)5-4-7-13-11/h4-5,7H,3,6,8H2,1-2H3. The van der Waals surface area contributed by atoms with Crippen LogP contribution < -0.4 is 0 Å². The van der Waals surface area contributed by atoms with Gasteiger partial charge in [0.1, 0.15) is 0 Å². The van der Waals surface area contributed by atoms with Crippen molar-refractivity contribution in [3.8, 4) is 0 Å². The van der Waals surface area contributed by atoms with Crippen molar-refractivity contribution < 1.29 is 22.3 Å². The molecule has 0 bridgehead atoms. The second kappa shape index (κ2) is 6.58. The summed E-state index contributed by atoms with van der Waals surface area (Å²) in [4.78, 5) is 14.6. The Kier molecular flexibility index (Phi) is 5.37. The number of carbonyl (C=O) groups excluding carboxylic acids is 1. The van der Waals surface area contributed by atoms with Crippen LogP contribution in [-0.4, -0.2) is 43.9 Å². The molecule has 1 rings (SSSR count). The SMILES string of the molecule is CCN(CCC(=O)OC)S(=O)(=O)c1ncccc1F. The summed E-state index contributed by atoms with van der Waals surface area (Å²) in [5.74, 6) is -1.45. The van der Waals surface area contributed by atoms with Crippen molar-refractivity contribution in [2.45, 2.75) is 18.4 Å². The summed E-state index contributed by atoms with van der Waals surface area (Å²) in [6.07, 6.45) is 1.10. The van der Waals surface area contributed by atoms with Crippen LogP contribution in [0.5, 0.6) is 0 Å². The predicted octanol–water partition coefficient (Wildman–Crippen LogP) is 0.794. The smallest absolute Gasteiger partial charge is 0.306 e. The molecule has 0 spiro atoms. The van der Waals surface area contributed by atoms with Gasteiger partial charge in [-0.3, -0.25) is 4.79 Å². The molecule has 0 amide bonds. The van der Waals surface area contributed by atoms with Gasteiger partial charge in [-0.1, -0.05) is 6.92 Å². The Morgan fingerprint density at radius 1 is 1.53 bits per heavy atom. The van der Waals surface area contributed by atoms with E-state index in [1.165, 1.54) is 19.4 Å². The Morgan fingerprint density at radius 2 is 2.21 bits per heavy atom. The molecule has 0 atom stereocenters. The molecule has 8 heteroatoms. The number of hydrogen-bond donors (Lipinski definition) is 0. The summed E-state index contributed by atoms with van der Waals surface area (Å²) in [5, 5.41) is -0.637. The number of aromatic nitrogens is 1. The van der Waals surface area contributed by atoms with Crippen molar-refractivity contribution in [2.24, 2.45) is 0 Å². The van der Waals surface area contributed by atoms with Crippen molar-refractivity contribution in [1.29, 1.82) is 0 Å². The summed E-state index contributed by atoms with van der Waals surface area (Å²) < 4.78 is 43.2. The molecular weight excluding hydrogens is 275 g/mol. The van der Waals surface area contributed by atoms with E-state index in [2.05, 4.69) is 9.72 Å². The van der Waals surface area contributed by atoms with Crippen molar-refractivity contribution >= 4 is 16.0 Å². The molecule has 0 aliphatic carbocycles. The monoisotopic (exact) mass is 290 g/mol. The van der Waals surface area contributed by atoms with Gasteiger partial charge in [-0.25, -0.2) is 17.8 Å². The number of esters is 1. The van der Waals surface area contributed by atoms with Crippen molar-refractivity contribution in [3.63, 3.8) is 0 Å². The summed E-state index contributed by atoms with van der Waals surface area (Å²) in [6, 6.07) is 2.33. The second-order valence-electron chi connectivity index (χ2n) is 3.61. The van der Waals surface area contributed by atoms with Gasteiger partial charge in [-0.05, 0) is 12.1 Å². The molecule has 1 aromatic heterocycles. The molecule has 0 saturated carbocycles. The largest absolute Gasteiger partial charge is 0.469 e. The third kappa shape index (κ3) is 3.71. The van der Waals surface area contributed by atoms with Gasteiger partial charge in [0.15, 0.2) is 5.82 Å². The van der Waals surface area contributed by atoms with Crippen LogP contribution in [0.15, 0.2) is 23.4 Å². The van der Waals surface area contributed by atoms with Crippen molar-refractivity contribution in [2.75, 3.05) is 20.2 Å². The fourth-order valence-electron chi connectivity index (χ4n) is 1.45. The van der Waals surface area contributed by atoms with E-state index in [0.717, 1.165) is 10.4 Å². The number of carbonyl (C=O) groups is 1. The van der Waals surface area contributed by atoms with E-state index >= 15 is 0 Å². The number of nitrogens with zero attached hydrogens (tertiary/aromatic N) is 2. The number of hydrogen-bond acceptors (Lipinski definition) is 5. The van der Waals surface area contributed by atoms with E-state index in [9.17, 15) is 17.6 Å². The zero-order valence-electron chi connectivity index (χ0n) is 10.7. The van der Waals surface area contributed by atoms with Gasteiger partial charge in [-0.15, -0.1) is 0 Å². The number of halogens is 1. The van der Waals surface area contributed by atoms with Gasteiger partial charge in [0.25, 0.3) is 10.0 Å². The average Bonchev–Trinajstić information content (AvgIpc) is 2.39. The van der Waals surface area contributed by atoms with E-state index in [1.54, 1.807) is 6.92 Å². The lowest BCUT2D eigenvalue weighted by Crippen LogP contribution is -2.34. The summed E-state index contributed by atoms with van der Waals surface area (Å²) in [6.45, 7) is 1.62. The van der Waals surface area contributed by atoms with Gasteiger partial charge >= 0.3 is 5.97 Å². The number of pyridine rings is 1. The Balaban J connectivity index is 2.97. The number of ether oxygens (including phenoxy) is 1. The van der Waals surface area contributed by atoms with Crippen molar-refractivity contribution in [1.82, 2.24) is 9.29 Å². The molecule has 19 heavy (non-hydrogen) atoms. The molecule has 0 N–H and O–H groups in total. The minimum Gasteiger partial charge on any atom is -0.469 e.